The highest BCUT2D eigenvalue weighted by atomic mass is 35.5. The van der Waals surface area contributed by atoms with E-state index in [1.54, 1.807) is 0 Å². The number of aliphatic imine (C=N–C) groups is 1. The smallest absolute Gasteiger partial charge is 0.407 e. The fraction of sp³-hybridized carbons (Fsp3) is 0.167. The summed E-state index contributed by atoms with van der Waals surface area (Å²) < 4.78 is 5.76. The summed E-state index contributed by atoms with van der Waals surface area (Å²) in [6.45, 7) is 1.02. The number of hydrogen-bond donors (Lipinski definition) is 1. The Morgan fingerprint density at radius 3 is 2.20 bits per heavy atom. The van der Waals surface area contributed by atoms with Crippen molar-refractivity contribution in [2.45, 2.75) is 6.10 Å². The van der Waals surface area contributed by atoms with Crippen LogP contribution in [-0.2, 0) is 4.74 Å². The molecule has 1 saturated heterocycles. The summed E-state index contributed by atoms with van der Waals surface area (Å²) >= 11 is 6.57. The highest BCUT2D eigenvalue weighted by molar-refractivity contribution is 6.33. The van der Waals surface area contributed by atoms with Gasteiger partial charge >= 0.3 is 6.09 Å². The van der Waals surface area contributed by atoms with Gasteiger partial charge in [0.2, 0.25) is 0 Å². The second-order valence-electron chi connectivity index (χ2n) is 6.99. The largest absolute Gasteiger partial charge is 0.465 e. The predicted molar refractivity (Wildman–Crippen MR) is 118 cm³/mol. The van der Waals surface area contributed by atoms with Crippen molar-refractivity contribution in [3.8, 4) is 0 Å². The molecule has 1 aliphatic rings. The van der Waals surface area contributed by atoms with Gasteiger partial charge in [-0.2, -0.15) is 0 Å². The zero-order valence-electron chi connectivity index (χ0n) is 16.2. The minimum absolute atomic E-state index is 0.285. The molecule has 0 aromatic heterocycles. The van der Waals surface area contributed by atoms with Gasteiger partial charge in [-0.05, 0) is 17.7 Å². The minimum Gasteiger partial charge on any atom is -0.465 e. The molecule has 30 heavy (non-hydrogen) atoms. The lowest BCUT2D eigenvalue weighted by Crippen LogP contribution is -2.41. The van der Waals surface area contributed by atoms with Crippen molar-refractivity contribution in [3.63, 3.8) is 0 Å². The zero-order chi connectivity index (χ0) is 20.9. The van der Waals surface area contributed by atoms with Gasteiger partial charge in [-0.1, -0.05) is 78.3 Å². The maximum absolute atomic E-state index is 11.3. The highest BCUT2D eigenvalue weighted by Crippen LogP contribution is 2.32. The van der Waals surface area contributed by atoms with Crippen molar-refractivity contribution < 1.29 is 14.6 Å². The molecule has 1 heterocycles. The third kappa shape index (κ3) is 4.53. The molecule has 3 aromatic carbocycles. The number of rotatable bonds is 4. The lowest BCUT2D eigenvalue weighted by molar-refractivity contribution is -0.0231. The van der Waals surface area contributed by atoms with Gasteiger partial charge in [-0.15, -0.1) is 0 Å². The molecule has 0 bridgehead atoms. The van der Waals surface area contributed by atoms with Crippen LogP contribution >= 0.6 is 11.6 Å². The Kier molecular flexibility index (Phi) is 6.12. The standard InChI is InChI=1S/C24H21ClN2O3/c25-20-15-19(22-16-27(24(28)29)13-14-30-22)11-12-21(20)26-23(17-7-3-1-4-8-17)18-9-5-2-6-10-18/h1-12,15,22H,13-14,16H2,(H,28,29)/t22-/m1/s1. The molecule has 0 spiro atoms. The van der Waals surface area contributed by atoms with Crippen LogP contribution in [0, 0.1) is 0 Å². The number of amides is 1. The van der Waals surface area contributed by atoms with Gasteiger partial charge in [0.1, 0.15) is 6.10 Å². The van der Waals surface area contributed by atoms with Crippen LogP contribution in [0.1, 0.15) is 22.8 Å². The Hall–Kier alpha value is -3.15. The van der Waals surface area contributed by atoms with Crippen molar-refractivity contribution in [3.05, 3.63) is 101 Å². The van der Waals surface area contributed by atoms with E-state index in [0.29, 0.717) is 23.9 Å². The number of carboxylic acid groups (broad SMARTS) is 1. The topological polar surface area (TPSA) is 62.1 Å². The predicted octanol–water partition coefficient (Wildman–Crippen LogP) is 5.56. The summed E-state index contributed by atoms with van der Waals surface area (Å²) in [7, 11) is 0. The Labute approximate surface area is 180 Å². The summed E-state index contributed by atoms with van der Waals surface area (Å²) in [5, 5.41) is 9.74. The Morgan fingerprint density at radius 1 is 1.00 bits per heavy atom. The van der Waals surface area contributed by atoms with E-state index in [4.69, 9.17) is 21.3 Å². The number of ether oxygens (including phenoxy) is 1. The van der Waals surface area contributed by atoms with Crippen molar-refractivity contribution in [1.29, 1.82) is 0 Å². The van der Waals surface area contributed by atoms with Gasteiger partial charge in [0.15, 0.2) is 0 Å². The van der Waals surface area contributed by atoms with Crippen LogP contribution in [-0.4, -0.2) is 41.5 Å². The number of morpholine rings is 1. The molecule has 0 aliphatic carbocycles. The second kappa shape index (κ2) is 9.11. The molecule has 1 atom stereocenters. The Balaban J connectivity index is 1.67. The van der Waals surface area contributed by atoms with E-state index in [9.17, 15) is 9.90 Å². The molecule has 1 N–H and O–H groups in total. The van der Waals surface area contributed by atoms with Crippen LogP contribution < -0.4 is 0 Å². The van der Waals surface area contributed by atoms with E-state index >= 15 is 0 Å². The van der Waals surface area contributed by atoms with Crippen molar-refractivity contribution in [2.75, 3.05) is 19.7 Å². The monoisotopic (exact) mass is 420 g/mol. The first kappa shape index (κ1) is 20.1. The minimum atomic E-state index is -0.939. The van der Waals surface area contributed by atoms with Crippen LogP contribution in [0.15, 0.2) is 83.9 Å². The normalized spacial score (nSPS) is 16.2. The summed E-state index contributed by atoms with van der Waals surface area (Å²) in [4.78, 5) is 17.5. The van der Waals surface area contributed by atoms with E-state index in [2.05, 4.69) is 0 Å². The Bertz CT molecular complexity index is 1010. The van der Waals surface area contributed by atoms with Gasteiger partial charge in [-0.3, -0.25) is 0 Å². The number of halogens is 1. The van der Waals surface area contributed by atoms with E-state index in [0.717, 1.165) is 22.4 Å². The molecule has 6 heteroatoms. The molecular formula is C24H21ClN2O3. The fourth-order valence-electron chi connectivity index (χ4n) is 3.45. The highest BCUT2D eigenvalue weighted by Gasteiger charge is 2.25. The molecular weight excluding hydrogens is 400 g/mol. The molecule has 4 rings (SSSR count). The maximum atomic E-state index is 11.3. The summed E-state index contributed by atoms with van der Waals surface area (Å²) in [5.74, 6) is 0. The van der Waals surface area contributed by atoms with Crippen LogP contribution in [0.3, 0.4) is 0 Å². The molecule has 1 fully saturated rings. The summed E-state index contributed by atoms with van der Waals surface area (Å²) in [6.07, 6.45) is -1.28. The maximum Gasteiger partial charge on any atom is 0.407 e. The summed E-state index contributed by atoms with van der Waals surface area (Å²) in [5.41, 5.74) is 4.31. The SMILES string of the molecule is O=C(O)N1CCO[C@@H](c2ccc(N=C(c3ccccc3)c3ccccc3)c(Cl)c2)C1. The average Bonchev–Trinajstić information content (AvgIpc) is 2.79. The van der Waals surface area contributed by atoms with Crippen LogP contribution in [0.5, 0.6) is 0 Å². The Morgan fingerprint density at radius 2 is 1.63 bits per heavy atom. The van der Waals surface area contributed by atoms with Crippen molar-refractivity contribution in [2.24, 2.45) is 4.99 Å². The molecule has 0 unspecified atom stereocenters. The number of nitrogens with zero attached hydrogens (tertiary/aromatic N) is 2. The summed E-state index contributed by atoms with van der Waals surface area (Å²) in [6, 6.07) is 25.5. The first-order chi connectivity index (χ1) is 14.6. The molecule has 152 valence electrons. The second-order valence-corrected chi connectivity index (χ2v) is 7.40. The number of hydrogen-bond acceptors (Lipinski definition) is 3. The van der Waals surface area contributed by atoms with E-state index in [1.807, 2.05) is 78.9 Å². The first-order valence-corrected chi connectivity index (χ1v) is 10.1. The number of benzene rings is 3. The lowest BCUT2D eigenvalue weighted by Gasteiger charge is -2.31. The molecule has 0 radical (unpaired) electrons. The van der Waals surface area contributed by atoms with Gasteiger partial charge in [0, 0.05) is 17.7 Å². The zero-order valence-corrected chi connectivity index (χ0v) is 17.0. The third-order valence-corrected chi connectivity index (χ3v) is 5.31. The average molecular weight is 421 g/mol. The van der Waals surface area contributed by atoms with Gasteiger partial charge in [-0.25, -0.2) is 9.79 Å². The van der Waals surface area contributed by atoms with E-state index < -0.39 is 6.09 Å². The van der Waals surface area contributed by atoms with Crippen LogP contribution in [0.25, 0.3) is 0 Å². The molecule has 1 aliphatic heterocycles. The third-order valence-electron chi connectivity index (χ3n) is 5.01. The fourth-order valence-corrected chi connectivity index (χ4v) is 3.68. The van der Waals surface area contributed by atoms with Gasteiger partial charge < -0.3 is 14.7 Å². The molecule has 5 nitrogen and oxygen atoms in total. The lowest BCUT2D eigenvalue weighted by atomic mass is 10.0. The first-order valence-electron chi connectivity index (χ1n) is 9.70. The molecule has 1 amide bonds. The number of carbonyl (C=O) groups is 1. The van der Waals surface area contributed by atoms with Crippen molar-refractivity contribution in [1.82, 2.24) is 4.90 Å². The van der Waals surface area contributed by atoms with Gasteiger partial charge in [0.05, 0.1) is 29.6 Å². The molecule has 0 saturated carbocycles. The van der Waals surface area contributed by atoms with E-state index in [-0.39, 0.29) is 12.6 Å². The van der Waals surface area contributed by atoms with Crippen LogP contribution in [0.4, 0.5) is 10.5 Å². The quantitative estimate of drug-likeness (QED) is 0.562. The van der Waals surface area contributed by atoms with E-state index in [1.165, 1.54) is 4.90 Å². The molecule has 3 aromatic rings. The van der Waals surface area contributed by atoms with Crippen LogP contribution in [0.2, 0.25) is 5.02 Å². The van der Waals surface area contributed by atoms with Crippen molar-refractivity contribution >= 4 is 29.1 Å². The van der Waals surface area contributed by atoms with Gasteiger partial charge in [0.25, 0.3) is 0 Å².